The summed E-state index contributed by atoms with van der Waals surface area (Å²) < 4.78 is 11.9. The highest BCUT2D eigenvalue weighted by Gasteiger charge is 2.19. The Bertz CT molecular complexity index is 756. The smallest absolute Gasteiger partial charge is 0.338 e. The van der Waals surface area contributed by atoms with Crippen molar-refractivity contribution in [2.75, 3.05) is 0 Å². The van der Waals surface area contributed by atoms with E-state index in [1.807, 2.05) is 0 Å². The van der Waals surface area contributed by atoms with Crippen LogP contribution in [0.25, 0.3) is 0 Å². The van der Waals surface area contributed by atoms with Crippen molar-refractivity contribution in [3.8, 4) is 0 Å². The predicted octanol–water partition coefficient (Wildman–Crippen LogP) is 13.0. The summed E-state index contributed by atoms with van der Waals surface area (Å²) in [4.78, 5) is 26.1. The van der Waals surface area contributed by atoms with Crippen LogP contribution in [0.15, 0.2) is 24.3 Å². The molecular weight excluding hydrogens is 544 g/mol. The summed E-state index contributed by atoms with van der Waals surface area (Å²) in [6.07, 6.45) is 31.4. The highest BCUT2D eigenvalue weighted by atomic mass is 16.5. The van der Waals surface area contributed by atoms with Crippen LogP contribution >= 0.6 is 0 Å². The maximum absolute atomic E-state index is 13.1. The number of carbonyl (C=O) groups is 2. The molecular formula is C40H70O4. The standard InChI is InChI=1S/C40H70O4/c1-5-9-11-13-15-17-19-21-23-25-32-37(28-7-3)43-39(41)35-30-27-31-36(34-35)40(42)44-38(29-8-4)33-26-24-22-20-18-16-14-12-10-6-2/h27,30-31,34,37-38H,5-26,28-29,32-33H2,1-4H3. The molecule has 1 aromatic carbocycles. The van der Waals surface area contributed by atoms with Crippen molar-refractivity contribution in [2.45, 2.75) is 207 Å². The van der Waals surface area contributed by atoms with Crippen LogP contribution < -0.4 is 0 Å². The second-order valence-corrected chi connectivity index (χ2v) is 13.2. The molecule has 2 unspecified atom stereocenters. The first-order chi connectivity index (χ1) is 21.5. The lowest BCUT2D eigenvalue weighted by Gasteiger charge is -2.19. The van der Waals surface area contributed by atoms with Crippen molar-refractivity contribution < 1.29 is 19.1 Å². The SMILES string of the molecule is CCCCCCCCCCCCC(CCC)OC(=O)c1cccc(C(=O)OC(CCC)CCCCCCCCCCCC)c1. The molecule has 254 valence electrons. The zero-order chi connectivity index (χ0) is 32.1. The van der Waals surface area contributed by atoms with Crippen molar-refractivity contribution in [3.63, 3.8) is 0 Å². The fourth-order valence-corrected chi connectivity index (χ4v) is 6.10. The molecule has 4 heteroatoms. The molecule has 1 rings (SSSR count). The molecule has 0 aliphatic rings. The Morgan fingerprint density at radius 2 is 0.773 bits per heavy atom. The van der Waals surface area contributed by atoms with E-state index in [9.17, 15) is 9.59 Å². The van der Waals surface area contributed by atoms with Gasteiger partial charge in [-0.2, -0.15) is 0 Å². The van der Waals surface area contributed by atoms with Gasteiger partial charge in [-0.25, -0.2) is 9.59 Å². The minimum Gasteiger partial charge on any atom is -0.459 e. The summed E-state index contributed by atoms with van der Waals surface area (Å²) in [5, 5.41) is 0. The molecule has 0 bridgehead atoms. The highest BCUT2D eigenvalue weighted by molar-refractivity contribution is 5.95. The van der Waals surface area contributed by atoms with Crippen LogP contribution in [0.1, 0.15) is 215 Å². The van der Waals surface area contributed by atoms with E-state index in [1.54, 1.807) is 24.3 Å². The van der Waals surface area contributed by atoms with Gasteiger partial charge in [-0.05, 0) is 56.7 Å². The number of rotatable bonds is 30. The van der Waals surface area contributed by atoms with E-state index in [0.29, 0.717) is 11.1 Å². The van der Waals surface area contributed by atoms with E-state index in [1.165, 1.54) is 116 Å². The lowest BCUT2D eigenvalue weighted by atomic mass is 10.0. The Hall–Kier alpha value is -1.84. The zero-order valence-electron chi connectivity index (χ0n) is 29.5. The van der Waals surface area contributed by atoms with E-state index in [2.05, 4.69) is 27.7 Å². The molecule has 0 amide bonds. The summed E-state index contributed by atoms with van der Waals surface area (Å²) in [5.74, 6) is -0.665. The number of carbonyl (C=O) groups excluding carboxylic acids is 2. The first kappa shape index (κ1) is 40.2. The molecule has 0 radical (unpaired) electrons. The van der Waals surface area contributed by atoms with Crippen LogP contribution in [0.3, 0.4) is 0 Å². The molecule has 1 aromatic rings. The van der Waals surface area contributed by atoms with Gasteiger partial charge in [0.25, 0.3) is 0 Å². The Kier molecular flexibility index (Phi) is 26.1. The fourth-order valence-electron chi connectivity index (χ4n) is 6.10. The van der Waals surface area contributed by atoms with Gasteiger partial charge < -0.3 is 9.47 Å². The average molecular weight is 615 g/mol. The second-order valence-electron chi connectivity index (χ2n) is 13.2. The third-order valence-corrected chi connectivity index (χ3v) is 8.86. The quantitative estimate of drug-likeness (QED) is 0.0639. The van der Waals surface area contributed by atoms with Gasteiger partial charge in [0.1, 0.15) is 12.2 Å². The maximum Gasteiger partial charge on any atom is 0.338 e. The van der Waals surface area contributed by atoms with E-state index < -0.39 is 0 Å². The lowest BCUT2D eigenvalue weighted by Crippen LogP contribution is -2.20. The predicted molar refractivity (Wildman–Crippen MR) is 188 cm³/mol. The first-order valence-corrected chi connectivity index (χ1v) is 19.1. The molecule has 0 aliphatic carbocycles. The minimum absolute atomic E-state index is 0.0628. The van der Waals surface area contributed by atoms with E-state index in [4.69, 9.17) is 9.47 Å². The van der Waals surface area contributed by atoms with Crippen LogP contribution in [0.2, 0.25) is 0 Å². The molecule has 0 saturated heterocycles. The van der Waals surface area contributed by atoms with Crippen molar-refractivity contribution in [3.05, 3.63) is 35.4 Å². The Morgan fingerprint density at radius 3 is 1.09 bits per heavy atom. The van der Waals surface area contributed by atoms with Crippen LogP contribution in [0.5, 0.6) is 0 Å². The minimum atomic E-state index is -0.333. The van der Waals surface area contributed by atoms with Gasteiger partial charge in [-0.15, -0.1) is 0 Å². The largest absolute Gasteiger partial charge is 0.459 e. The topological polar surface area (TPSA) is 52.6 Å². The molecule has 0 spiro atoms. The summed E-state index contributed by atoms with van der Waals surface area (Å²) in [6, 6.07) is 6.91. The third-order valence-electron chi connectivity index (χ3n) is 8.86. The summed E-state index contributed by atoms with van der Waals surface area (Å²) in [6.45, 7) is 8.80. The number of unbranched alkanes of at least 4 members (excludes halogenated alkanes) is 18. The van der Waals surface area contributed by atoms with E-state index in [-0.39, 0.29) is 24.1 Å². The molecule has 0 N–H and O–H groups in total. The molecule has 2 atom stereocenters. The van der Waals surface area contributed by atoms with E-state index >= 15 is 0 Å². The summed E-state index contributed by atoms with van der Waals surface area (Å²) in [5.41, 5.74) is 0.871. The molecule has 44 heavy (non-hydrogen) atoms. The Morgan fingerprint density at radius 1 is 0.455 bits per heavy atom. The van der Waals surface area contributed by atoms with Crippen LogP contribution in [-0.2, 0) is 9.47 Å². The Labute approximate surface area is 272 Å². The molecule has 0 aliphatic heterocycles. The van der Waals surface area contributed by atoms with Gasteiger partial charge in [-0.3, -0.25) is 0 Å². The fraction of sp³-hybridized carbons (Fsp3) is 0.800. The highest BCUT2D eigenvalue weighted by Crippen LogP contribution is 2.20. The van der Waals surface area contributed by atoms with Crippen LogP contribution in [0, 0.1) is 0 Å². The van der Waals surface area contributed by atoms with Crippen LogP contribution in [0.4, 0.5) is 0 Å². The normalized spacial score (nSPS) is 12.6. The maximum atomic E-state index is 13.1. The molecule has 0 fully saturated rings. The average Bonchev–Trinajstić information content (AvgIpc) is 3.03. The molecule has 0 saturated carbocycles. The number of hydrogen-bond donors (Lipinski definition) is 0. The molecule has 0 aromatic heterocycles. The van der Waals surface area contributed by atoms with Gasteiger partial charge in [-0.1, -0.05) is 162 Å². The van der Waals surface area contributed by atoms with Gasteiger partial charge in [0.2, 0.25) is 0 Å². The van der Waals surface area contributed by atoms with Gasteiger partial charge in [0.15, 0.2) is 0 Å². The van der Waals surface area contributed by atoms with Crippen molar-refractivity contribution in [2.24, 2.45) is 0 Å². The summed E-state index contributed by atoms with van der Waals surface area (Å²) >= 11 is 0. The second kappa shape index (κ2) is 28.6. The number of hydrogen-bond acceptors (Lipinski definition) is 4. The monoisotopic (exact) mass is 615 g/mol. The zero-order valence-corrected chi connectivity index (χ0v) is 29.5. The van der Waals surface area contributed by atoms with Crippen molar-refractivity contribution in [1.82, 2.24) is 0 Å². The number of benzene rings is 1. The van der Waals surface area contributed by atoms with Crippen molar-refractivity contribution >= 4 is 11.9 Å². The molecule has 0 heterocycles. The number of esters is 2. The third kappa shape index (κ3) is 21.0. The lowest BCUT2D eigenvalue weighted by molar-refractivity contribution is 0.0252. The van der Waals surface area contributed by atoms with Gasteiger partial charge in [0.05, 0.1) is 11.1 Å². The first-order valence-electron chi connectivity index (χ1n) is 19.1. The van der Waals surface area contributed by atoms with Gasteiger partial charge >= 0.3 is 11.9 Å². The summed E-state index contributed by atoms with van der Waals surface area (Å²) in [7, 11) is 0. The molecule has 4 nitrogen and oxygen atoms in total. The van der Waals surface area contributed by atoms with Crippen molar-refractivity contribution in [1.29, 1.82) is 0 Å². The number of ether oxygens (including phenoxy) is 2. The van der Waals surface area contributed by atoms with E-state index in [0.717, 1.165) is 51.4 Å². The van der Waals surface area contributed by atoms with Gasteiger partial charge in [0, 0.05) is 0 Å². The Balaban J connectivity index is 2.43. The van der Waals surface area contributed by atoms with Crippen LogP contribution in [-0.4, -0.2) is 24.1 Å².